The first kappa shape index (κ1) is 19.8. The number of nitrogens with zero attached hydrogens (tertiary/aromatic N) is 1. The van der Waals surface area contributed by atoms with E-state index < -0.39 is 0 Å². The Morgan fingerprint density at radius 2 is 1.17 bits per heavy atom. The maximum Gasteiger partial charge on any atom is 0.222 e. The van der Waals surface area contributed by atoms with E-state index in [2.05, 4.69) is 4.90 Å². The Balaban J connectivity index is 1.26. The summed E-state index contributed by atoms with van der Waals surface area (Å²) in [7, 11) is 0. The molecule has 1 aliphatic carbocycles. The zero-order valence-corrected chi connectivity index (χ0v) is 16.1. The largest absolute Gasteiger partial charge is 0.343 e. The standard InChI is InChI=1S/C22H41NO/c24-22(23-19-13-14-20-23)18-10-8-6-4-2-1-3-5-7-9-15-21-16-11-12-17-21/h21H,1-20H2. The monoisotopic (exact) mass is 335 g/mol. The van der Waals surface area contributed by atoms with Gasteiger partial charge in [0.25, 0.3) is 0 Å². The molecule has 24 heavy (non-hydrogen) atoms. The van der Waals surface area contributed by atoms with Gasteiger partial charge in [-0.2, -0.15) is 0 Å². The van der Waals surface area contributed by atoms with Crippen molar-refractivity contribution in [3.8, 4) is 0 Å². The first-order chi connectivity index (χ1) is 11.9. The fraction of sp³-hybridized carbons (Fsp3) is 0.955. The Kier molecular flexibility index (Phi) is 10.5. The van der Waals surface area contributed by atoms with Crippen LogP contribution in [0.3, 0.4) is 0 Å². The van der Waals surface area contributed by atoms with Gasteiger partial charge in [0, 0.05) is 19.5 Å². The summed E-state index contributed by atoms with van der Waals surface area (Å²) in [5, 5.41) is 0. The topological polar surface area (TPSA) is 20.3 Å². The Morgan fingerprint density at radius 1 is 0.667 bits per heavy atom. The molecule has 0 aromatic carbocycles. The minimum Gasteiger partial charge on any atom is -0.343 e. The van der Waals surface area contributed by atoms with Crippen molar-refractivity contribution < 1.29 is 4.79 Å². The van der Waals surface area contributed by atoms with Crippen LogP contribution in [0.5, 0.6) is 0 Å². The Bertz CT molecular complexity index is 316. The lowest BCUT2D eigenvalue weighted by Gasteiger charge is -2.14. The lowest BCUT2D eigenvalue weighted by molar-refractivity contribution is -0.130. The van der Waals surface area contributed by atoms with Crippen molar-refractivity contribution in [3.63, 3.8) is 0 Å². The average molecular weight is 336 g/mol. The summed E-state index contributed by atoms with van der Waals surface area (Å²) in [5.41, 5.74) is 0. The van der Waals surface area contributed by atoms with E-state index in [0.29, 0.717) is 5.91 Å². The van der Waals surface area contributed by atoms with Crippen molar-refractivity contribution in [2.24, 2.45) is 5.92 Å². The maximum absolute atomic E-state index is 11.9. The van der Waals surface area contributed by atoms with Gasteiger partial charge in [-0.1, -0.05) is 89.9 Å². The zero-order chi connectivity index (χ0) is 16.9. The third kappa shape index (κ3) is 8.53. The summed E-state index contributed by atoms with van der Waals surface area (Å²) < 4.78 is 0. The molecule has 1 aliphatic heterocycles. The molecule has 1 saturated carbocycles. The minimum absolute atomic E-state index is 0.408. The summed E-state index contributed by atoms with van der Waals surface area (Å²) in [6.45, 7) is 2.03. The molecule has 1 saturated heterocycles. The van der Waals surface area contributed by atoms with Gasteiger partial charge in [0.15, 0.2) is 0 Å². The van der Waals surface area contributed by atoms with E-state index in [-0.39, 0.29) is 0 Å². The van der Waals surface area contributed by atoms with E-state index in [1.54, 1.807) is 0 Å². The molecule has 2 nitrogen and oxygen atoms in total. The lowest BCUT2D eigenvalue weighted by Crippen LogP contribution is -2.27. The van der Waals surface area contributed by atoms with E-state index in [9.17, 15) is 4.79 Å². The van der Waals surface area contributed by atoms with Gasteiger partial charge in [-0.3, -0.25) is 4.79 Å². The first-order valence-electron chi connectivity index (χ1n) is 11.1. The Hall–Kier alpha value is -0.530. The van der Waals surface area contributed by atoms with Crippen LogP contribution in [0.4, 0.5) is 0 Å². The molecule has 2 aliphatic rings. The van der Waals surface area contributed by atoms with Gasteiger partial charge >= 0.3 is 0 Å². The molecule has 0 unspecified atom stereocenters. The predicted octanol–water partition coefficient (Wildman–Crippen LogP) is 6.48. The highest BCUT2D eigenvalue weighted by Gasteiger charge is 2.16. The highest BCUT2D eigenvalue weighted by molar-refractivity contribution is 5.76. The summed E-state index contributed by atoms with van der Waals surface area (Å²) >= 11 is 0. The van der Waals surface area contributed by atoms with Crippen LogP contribution < -0.4 is 0 Å². The van der Waals surface area contributed by atoms with E-state index >= 15 is 0 Å². The van der Waals surface area contributed by atoms with Crippen LogP contribution in [0.2, 0.25) is 0 Å². The highest BCUT2D eigenvalue weighted by Crippen LogP contribution is 2.29. The summed E-state index contributed by atoms with van der Waals surface area (Å²) in [4.78, 5) is 14.0. The van der Waals surface area contributed by atoms with Gasteiger partial charge in [-0.05, 0) is 25.2 Å². The van der Waals surface area contributed by atoms with E-state index in [1.165, 1.54) is 103 Å². The highest BCUT2D eigenvalue weighted by atomic mass is 16.2. The van der Waals surface area contributed by atoms with E-state index in [1.807, 2.05) is 0 Å². The number of carbonyl (C=O) groups excluding carboxylic acids is 1. The van der Waals surface area contributed by atoms with Crippen LogP contribution in [0.25, 0.3) is 0 Å². The normalized spacial score (nSPS) is 18.6. The molecule has 0 aromatic rings. The molecule has 2 rings (SSSR count). The van der Waals surface area contributed by atoms with Gasteiger partial charge in [0.2, 0.25) is 5.91 Å². The number of likely N-dealkylation sites (tertiary alicyclic amines) is 1. The molecule has 1 heterocycles. The molecule has 140 valence electrons. The van der Waals surface area contributed by atoms with Crippen LogP contribution in [-0.2, 0) is 4.79 Å². The fourth-order valence-electron chi connectivity index (χ4n) is 4.55. The minimum atomic E-state index is 0.408. The molecule has 0 N–H and O–H groups in total. The third-order valence-corrected chi connectivity index (χ3v) is 6.19. The van der Waals surface area contributed by atoms with Crippen LogP contribution in [0.1, 0.15) is 116 Å². The number of hydrogen-bond acceptors (Lipinski definition) is 1. The average Bonchev–Trinajstić information content (AvgIpc) is 3.29. The zero-order valence-electron chi connectivity index (χ0n) is 16.1. The van der Waals surface area contributed by atoms with Crippen molar-refractivity contribution in [2.75, 3.05) is 13.1 Å². The van der Waals surface area contributed by atoms with Crippen molar-refractivity contribution in [2.45, 2.75) is 116 Å². The molecular weight excluding hydrogens is 294 g/mol. The first-order valence-corrected chi connectivity index (χ1v) is 11.1. The molecule has 0 radical (unpaired) electrons. The quantitative estimate of drug-likeness (QED) is 0.353. The van der Waals surface area contributed by atoms with E-state index in [0.717, 1.165) is 31.8 Å². The molecule has 0 aromatic heterocycles. The third-order valence-electron chi connectivity index (χ3n) is 6.19. The van der Waals surface area contributed by atoms with Crippen molar-refractivity contribution in [1.82, 2.24) is 4.90 Å². The summed E-state index contributed by atoms with van der Waals surface area (Å²) in [5.74, 6) is 1.49. The molecule has 2 fully saturated rings. The van der Waals surface area contributed by atoms with Gasteiger partial charge in [-0.15, -0.1) is 0 Å². The number of amides is 1. The molecule has 1 amide bonds. The molecule has 2 heteroatoms. The number of carbonyl (C=O) groups is 1. The van der Waals surface area contributed by atoms with Crippen LogP contribution in [-0.4, -0.2) is 23.9 Å². The maximum atomic E-state index is 11.9. The second-order valence-corrected chi connectivity index (χ2v) is 8.31. The van der Waals surface area contributed by atoms with Crippen LogP contribution in [0, 0.1) is 5.92 Å². The van der Waals surface area contributed by atoms with Crippen molar-refractivity contribution in [1.29, 1.82) is 0 Å². The van der Waals surface area contributed by atoms with Crippen LogP contribution >= 0.6 is 0 Å². The number of hydrogen-bond donors (Lipinski definition) is 0. The van der Waals surface area contributed by atoms with Gasteiger partial charge in [-0.25, -0.2) is 0 Å². The second kappa shape index (κ2) is 12.8. The number of rotatable bonds is 13. The van der Waals surface area contributed by atoms with Crippen molar-refractivity contribution >= 4 is 5.91 Å². The molecular formula is C22H41NO. The lowest BCUT2D eigenvalue weighted by atomic mass is 9.99. The Morgan fingerprint density at radius 3 is 1.75 bits per heavy atom. The SMILES string of the molecule is O=C(CCCCCCCCCCCCC1CCCC1)N1CCCC1. The second-order valence-electron chi connectivity index (χ2n) is 8.31. The fourth-order valence-corrected chi connectivity index (χ4v) is 4.55. The predicted molar refractivity (Wildman–Crippen MR) is 103 cm³/mol. The van der Waals surface area contributed by atoms with Crippen LogP contribution in [0.15, 0.2) is 0 Å². The molecule has 0 bridgehead atoms. The molecule has 0 atom stereocenters. The molecule has 0 spiro atoms. The summed E-state index contributed by atoms with van der Waals surface area (Å²) in [6, 6.07) is 0. The van der Waals surface area contributed by atoms with E-state index in [4.69, 9.17) is 0 Å². The van der Waals surface area contributed by atoms with Gasteiger partial charge in [0.1, 0.15) is 0 Å². The van der Waals surface area contributed by atoms with Gasteiger partial charge in [0.05, 0.1) is 0 Å². The number of unbranched alkanes of at least 4 members (excludes halogenated alkanes) is 9. The van der Waals surface area contributed by atoms with Gasteiger partial charge < -0.3 is 4.90 Å². The van der Waals surface area contributed by atoms with Crippen molar-refractivity contribution in [3.05, 3.63) is 0 Å². The smallest absolute Gasteiger partial charge is 0.222 e. The summed E-state index contributed by atoms with van der Waals surface area (Å²) in [6.07, 6.45) is 24.5. The Labute approximate surface area is 150 Å².